The van der Waals surface area contributed by atoms with Crippen molar-refractivity contribution in [1.82, 2.24) is 0 Å². The van der Waals surface area contributed by atoms with Crippen LogP contribution in [-0.4, -0.2) is 24.5 Å². The number of carboxylic acid groups (broad SMARTS) is 1. The normalized spacial score (nSPS) is 13.2. The molecule has 1 aliphatic heterocycles. The van der Waals surface area contributed by atoms with Gasteiger partial charge in [0, 0.05) is 0 Å². The molecule has 1 N–H and O–H groups in total. The molecule has 0 saturated carbocycles. The van der Waals surface area contributed by atoms with Gasteiger partial charge in [0.05, 0.1) is 12.2 Å². The molecule has 5 nitrogen and oxygen atoms in total. The average Bonchev–Trinajstić information content (AvgIpc) is 3.06. The van der Waals surface area contributed by atoms with Crippen molar-refractivity contribution in [3.05, 3.63) is 53.6 Å². The van der Waals surface area contributed by atoms with E-state index in [9.17, 15) is 9.90 Å². The van der Waals surface area contributed by atoms with Crippen molar-refractivity contribution >= 4 is 17.6 Å². The number of hydrogen-bond donors (Lipinski definition) is 1. The van der Waals surface area contributed by atoms with E-state index in [2.05, 4.69) is 13.8 Å². The lowest BCUT2D eigenvalue weighted by Gasteiger charge is -2.09. The van der Waals surface area contributed by atoms with Crippen LogP contribution in [0.4, 0.5) is 0 Å². The highest BCUT2D eigenvalue weighted by molar-refractivity contribution is 6.20. The number of rotatable bonds is 6. The van der Waals surface area contributed by atoms with Crippen molar-refractivity contribution in [2.24, 2.45) is 5.92 Å². The van der Waals surface area contributed by atoms with Crippen LogP contribution in [0.3, 0.4) is 0 Å². The first kappa shape index (κ1) is 16.9. The molecule has 0 aromatic heterocycles. The number of ether oxygens (including phenoxy) is 3. The van der Waals surface area contributed by atoms with Gasteiger partial charge < -0.3 is 19.3 Å². The standard InChI is InChI=1S/C20H20O5/c1-13(2)11-23-16-6-3-14(4-7-16)9-17(20(21)22)15-5-8-18-19(10-15)25-12-24-18/h3-10,13H,11-12H2,1-2H3,(H,21,22)/b17-9-. The number of carboxylic acids is 1. The van der Waals surface area contributed by atoms with Crippen LogP contribution >= 0.6 is 0 Å². The monoisotopic (exact) mass is 340 g/mol. The molecule has 0 saturated heterocycles. The molecule has 0 spiro atoms. The lowest BCUT2D eigenvalue weighted by molar-refractivity contribution is -0.130. The van der Waals surface area contributed by atoms with E-state index < -0.39 is 5.97 Å². The lowest BCUT2D eigenvalue weighted by atomic mass is 10.0. The second-order valence-corrected chi connectivity index (χ2v) is 6.21. The summed E-state index contributed by atoms with van der Waals surface area (Å²) in [5, 5.41) is 9.57. The maximum atomic E-state index is 11.7. The largest absolute Gasteiger partial charge is 0.493 e. The second kappa shape index (κ2) is 7.30. The Morgan fingerprint density at radius 2 is 1.88 bits per heavy atom. The summed E-state index contributed by atoms with van der Waals surface area (Å²) in [6, 6.07) is 12.5. The molecule has 2 aromatic rings. The molecular weight excluding hydrogens is 320 g/mol. The van der Waals surface area contributed by atoms with Gasteiger partial charge in [-0.1, -0.05) is 32.0 Å². The van der Waals surface area contributed by atoms with E-state index in [0.29, 0.717) is 29.6 Å². The Bertz CT molecular complexity index is 790. The smallest absolute Gasteiger partial charge is 0.336 e. The zero-order chi connectivity index (χ0) is 17.8. The van der Waals surface area contributed by atoms with Crippen LogP contribution in [0, 0.1) is 5.92 Å². The molecule has 0 radical (unpaired) electrons. The average molecular weight is 340 g/mol. The van der Waals surface area contributed by atoms with E-state index in [1.165, 1.54) is 0 Å². The third-order valence-electron chi connectivity index (χ3n) is 3.69. The summed E-state index contributed by atoms with van der Waals surface area (Å²) in [7, 11) is 0. The maximum Gasteiger partial charge on any atom is 0.336 e. The molecule has 0 fully saturated rings. The Kier molecular flexibility index (Phi) is 4.93. The molecule has 0 bridgehead atoms. The molecular formula is C20H20O5. The number of hydrogen-bond acceptors (Lipinski definition) is 4. The number of benzene rings is 2. The third-order valence-corrected chi connectivity index (χ3v) is 3.69. The van der Waals surface area contributed by atoms with Gasteiger partial charge in [-0.2, -0.15) is 0 Å². The summed E-state index contributed by atoms with van der Waals surface area (Å²) < 4.78 is 16.2. The van der Waals surface area contributed by atoms with Crippen LogP contribution in [0.2, 0.25) is 0 Å². The molecule has 0 amide bonds. The summed E-state index contributed by atoms with van der Waals surface area (Å²) in [6.07, 6.45) is 1.63. The van der Waals surface area contributed by atoms with E-state index in [1.54, 1.807) is 24.3 Å². The molecule has 130 valence electrons. The zero-order valence-corrected chi connectivity index (χ0v) is 14.2. The van der Waals surface area contributed by atoms with Crippen molar-refractivity contribution in [2.45, 2.75) is 13.8 Å². The van der Waals surface area contributed by atoms with Gasteiger partial charge in [-0.15, -0.1) is 0 Å². The first-order valence-electron chi connectivity index (χ1n) is 8.11. The predicted octanol–water partition coefficient (Wildman–Crippen LogP) is 4.08. The van der Waals surface area contributed by atoms with Crippen LogP contribution < -0.4 is 14.2 Å². The quantitative estimate of drug-likeness (QED) is 0.634. The van der Waals surface area contributed by atoms with Crippen LogP contribution in [-0.2, 0) is 4.79 Å². The molecule has 0 unspecified atom stereocenters. The van der Waals surface area contributed by atoms with Gasteiger partial charge in [0.2, 0.25) is 6.79 Å². The van der Waals surface area contributed by atoms with Crippen LogP contribution in [0.1, 0.15) is 25.0 Å². The molecule has 0 aliphatic carbocycles. The van der Waals surface area contributed by atoms with E-state index in [4.69, 9.17) is 14.2 Å². The van der Waals surface area contributed by atoms with E-state index in [1.807, 2.05) is 24.3 Å². The Hall–Kier alpha value is -2.95. The van der Waals surface area contributed by atoms with Crippen LogP contribution in [0.15, 0.2) is 42.5 Å². The fraction of sp³-hybridized carbons (Fsp3) is 0.250. The Morgan fingerprint density at radius 3 is 2.56 bits per heavy atom. The van der Waals surface area contributed by atoms with Crippen LogP contribution in [0.5, 0.6) is 17.2 Å². The Labute approximate surface area is 146 Å². The zero-order valence-electron chi connectivity index (χ0n) is 14.2. The summed E-state index contributed by atoms with van der Waals surface area (Å²) in [5.74, 6) is 1.40. The summed E-state index contributed by atoms with van der Waals surface area (Å²) in [5.41, 5.74) is 1.54. The highest BCUT2D eigenvalue weighted by Gasteiger charge is 2.17. The van der Waals surface area contributed by atoms with Gasteiger partial charge in [-0.3, -0.25) is 0 Å². The first-order chi connectivity index (χ1) is 12.0. The predicted molar refractivity (Wildman–Crippen MR) is 94.8 cm³/mol. The lowest BCUT2D eigenvalue weighted by Crippen LogP contribution is -2.04. The highest BCUT2D eigenvalue weighted by atomic mass is 16.7. The van der Waals surface area contributed by atoms with E-state index in [0.717, 1.165) is 11.3 Å². The van der Waals surface area contributed by atoms with Gasteiger partial charge in [0.25, 0.3) is 0 Å². The third kappa shape index (κ3) is 4.12. The van der Waals surface area contributed by atoms with Gasteiger partial charge in [-0.25, -0.2) is 4.79 Å². The second-order valence-electron chi connectivity index (χ2n) is 6.21. The minimum atomic E-state index is -1.00. The summed E-state index contributed by atoms with van der Waals surface area (Å²) in [4.78, 5) is 11.7. The minimum absolute atomic E-state index is 0.156. The van der Waals surface area contributed by atoms with Crippen LogP contribution in [0.25, 0.3) is 11.6 Å². The Balaban J connectivity index is 1.84. The molecule has 5 heteroatoms. The van der Waals surface area contributed by atoms with Crippen molar-refractivity contribution < 1.29 is 24.1 Å². The minimum Gasteiger partial charge on any atom is -0.493 e. The van der Waals surface area contributed by atoms with Gasteiger partial charge in [0.15, 0.2) is 11.5 Å². The van der Waals surface area contributed by atoms with Crippen molar-refractivity contribution in [3.8, 4) is 17.2 Å². The Morgan fingerprint density at radius 1 is 1.16 bits per heavy atom. The van der Waals surface area contributed by atoms with Gasteiger partial charge in [0.1, 0.15) is 5.75 Å². The van der Waals surface area contributed by atoms with E-state index in [-0.39, 0.29) is 12.4 Å². The molecule has 1 aliphatic rings. The highest BCUT2D eigenvalue weighted by Crippen LogP contribution is 2.35. The number of carbonyl (C=O) groups is 1. The maximum absolute atomic E-state index is 11.7. The fourth-order valence-corrected chi connectivity index (χ4v) is 2.42. The molecule has 1 heterocycles. The SMILES string of the molecule is CC(C)COc1ccc(/C=C(\C(=O)O)c2ccc3c(c2)OCO3)cc1. The van der Waals surface area contributed by atoms with Gasteiger partial charge >= 0.3 is 5.97 Å². The van der Waals surface area contributed by atoms with Crippen molar-refractivity contribution in [2.75, 3.05) is 13.4 Å². The van der Waals surface area contributed by atoms with Crippen molar-refractivity contribution in [1.29, 1.82) is 0 Å². The molecule has 0 atom stereocenters. The number of fused-ring (bicyclic) bond motifs is 1. The topological polar surface area (TPSA) is 65.0 Å². The summed E-state index contributed by atoms with van der Waals surface area (Å²) in [6.45, 7) is 4.97. The first-order valence-corrected chi connectivity index (χ1v) is 8.11. The fourth-order valence-electron chi connectivity index (χ4n) is 2.42. The van der Waals surface area contributed by atoms with Gasteiger partial charge in [-0.05, 0) is 47.4 Å². The molecule has 25 heavy (non-hydrogen) atoms. The molecule has 3 rings (SSSR count). The van der Waals surface area contributed by atoms with Crippen molar-refractivity contribution in [3.63, 3.8) is 0 Å². The summed E-state index contributed by atoms with van der Waals surface area (Å²) >= 11 is 0. The van der Waals surface area contributed by atoms with E-state index >= 15 is 0 Å². The number of aliphatic carboxylic acids is 1. The molecule has 2 aromatic carbocycles.